The van der Waals surface area contributed by atoms with Crippen LogP contribution in [-0.4, -0.2) is 123 Å². The van der Waals surface area contributed by atoms with Gasteiger partial charge in [0, 0.05) is 91.3 Å². The van der Waals surface area contributed by atoms with Crippen molar-refractivity contribution in [1.82, 2.24) is 9.80 Å². The first kappa shape index (κ1) is 59.1. The summed E-state index contributed by atoms with van der Waals surface area (Å²) in [7, 11) is 4.12. The minimum Gasteiger partial charge on any atom is -0.497 e. The van der Waals surface area contributed by atoms with Gasteiger partial charge >= 0.3 is 18.2 Å². The molecule has 2 aliphatic heterocycles. The molecule has 0 bridgehead atoms. The topological polar surface area (TPSA) is 235 Å². The van der Waals surface area contributed by atoms with Crippen molar-refractivity contribution in [2.45, 2.75) is 112 Å². The quantitative estimate of drug-likeness (QED) is 0.0576. The summed E-state index contributed by atoms with van der Waals surface area (Å²) in [5.41, 5.74) is 0.0719. The maximum absolute atomic E-state index is 14.5. The Morgan fingerprint density at radius 3 is 1.53 bits per heavy atom. The first-order valence-corrected chi connectivity index (χ1v) is 26.4. The maximum Gasteiger partial charge on any atom is 0.410 e. The number of esters is 1. The lowest BCUT2D eigenvalue weighted by Crippen LogP contribution is -2.36. The van der Waals surface area contributed by atoms with Crippen molar-refractivity contribution >= 4 is 64.5 Å². The Morgan fingerprint density at radius 2 is 1.01 bits per heavy atom. The normalized spacial score (nSPS) is 20.3. The van der Waals surface area contributed by atoms with E-state index in [1.165, 1.54) is 43.3 Å². The molecule has 418 valence electrons. The number of Topliss-reactive ketones (excluding diaryl/α,β-unsaturated/α-hetero) is 2. The summed E-state index contributed by atoms with van der Waals surface area (Å²) in [6, 6.07) is 14.1. The molecule has 0 radical (unpaired) electrons. The second-order valence-corrected chi connectivity index (χ2v) is 22.9. The van der Waals surface area contributed by atoms with Gasteiger partial charge in [0.15, 0.2) is 11.6 Å². The molecule has 6 atom stereocenters. The highest BCUT2D eigenvalue weighted by Crippen LogP contribution is 2.38. The predicted molar refractivity (Wildman–Crippen MR) is 289 cm³/mol. The fourth-order valence-corrected chi connectivity index (χ4v) is 9.98. The maximum atomic E-state index is 14.5. The summed E-state index contributed by atoms with van der Waals surface area (Å²) in [6.45, 7) is 17.4. The predicted octanol–water partition coefficient (Wildman–Crippen LogP) is 9.68. The van der Waals surface area contributed by atoms with Gasteiger partial charge in [0.1, 0.15) is 28.5 Å². The summed E-state index contributed by atoms with van der Waals surface area (Å²) >= 11 is 0. The number of carbonyl (C=O) groups is 8. The van der Waals surface area contributed by atoms with Crippen molar-refractivity contribution in [2.75, 3.05) is 70.1 Å². The molecule has 3 aromatic carbocycles. The van der Waals surface area contributed by atoms with E-state index in [9.17, 15) is 38.4 Å². The van der Waals surface area contributed by atoms with Gasteiger partial charge in [0.2, 0.25) is 17.7 Å². The molecule has 1 saturated carbocycles. The van der Waals surface area contributed by atoms with Crippen molar-refractivity contribution in [3.63, 3.8) is 0 Å². The lowest BCUT2D eigenvalue weighted by molar-refractivity contribution is -0.121. The van der Waals surface area contributed by atoms with Gasteiger partial charge in [-0.05, 0) is 121 Å². The van der Waals surface area contributed by atoms with Gasteiger partial charge in [-0.2, -0.15) is 0 Å². The number of ether oxygens (including phenoxy) is 6. The summed E-state index contributed by atoms with van der Waals surface area (Å²) < 4.78 is 33.1. The highest BCUT2D eigenvalue weighted by Gasteiger charge is 2.43. The van der Waals surface area contributed by atoms with E-state index < -0.39 is 58.9 Å². The Bertz CT molecular complexity index is 2690. The van der Waals surface area contributed by atoms with Gasteiger partial charge in [-0.25, -0.2) is 14.4 Å². The highest BCUT2D eigenvalue weighted by molar-refractivity contribution is 6.03. The second-order valence-electron chi connectivity index (χ2n) is 22.9. The van der Waals surface area contributed by atoms with Crippen LogP contribution in [-0.2, 0) is 28.6 Å². The molecule has 5 amide bonds. The number of nitrogens with one attached hydrogen (secondary N) is 3. The molecule has 0 spiro atoms. The number of hydrogen-bond donors (Lipinski definition) is 3. The number of likely N-dealkylation sites (tertiary alicyclic amines) is 2. The Balaban J connectivity index is 1.18. The molecule has 19 heteroatoms. The number of anilines is 3. The number of amides is 5. The summed E-state index contributed by atoms with van der Waals surface area (Å²) in [6.07, 6.45) is 1.33. The Morgan fingerprint density at radius 1 is 0.558 bits per heavy atom. The molecule has 6 rings (SSSR count). The third-order valence-electron chi connectivity index (χ3n) is 13.9. The molecule has 3 fully saturated rings. The zero-order valence-corrected chi connectivity index (χ0v) is 46.6. The van der Waals surface area contributed by atoms with Crippen molar-refractivity contribution in [1.29, 1.82) is 0 Å². The molecule has 6 unspecified atom stereocenters. The van der Waals surface area contributed by atoms with Gasteiger partial charge in [-0.3, -0.25) is 24.0 Å². The number of nitrogens with zero attached hydrogens (tertiary/aromatic N) is 2. The smallest absolute Gasteiger partial charge is 0.410 e. The van der Waals surface area contributed by atoms with Crippen LogP contribution in [0.5, 0.6) is 17.2 Å². The standard InChI is InChI=1S/C58H77N5O14/c1-33(2)16-17-75-45-22-37(50(65)25-39-30-63(56(71)77-58(7,8)9)32-48(39)53(68)61-42-20-38(54(69)74-12)23-44(27-42)73-11)19-41(28-45)59-51(66)46-15-13-14-35(46)24-49(64)36-18-40(26-43(21-36)72-10)60-52(67)47-31-62(29-34(47)3)55(70)76-57(4,5)6/h18-23,26-28,33-35,39,46-48H,13-17,24-25,29-32H2,1-12H3,(H,59,66)(H,60,67)(H,61,68). The van der Waals surface area contributed by atoms with Crippen molar-refractivity contribution in [3.8, 4) is 17.2 Å². The Hall–Kier alpha value is -7.18. The van der Waals surface area contributed by atoms with Gasteiger partial charge in [-0.15, -0.1) is 0 Å². The molecule has 2 saturated heterocycles. The number of ketones is 2. The average Bonchev–Trinajstić information content (AvgIpc) is 4.11. The van der Waals surface area contributed by atoms with Gasteiger partial charge in [0.05, 0.1) is 45.3 Å². The van der Waals surface area contributed by atoms with Gasteiger partial charge < -0.3 is 54.2 Å². The lowest BCUT2D eigenvalue weighted by Gasteiger charge is -2.24. The average molecular weight is 1070 g/mol. The lowest BCUT2D eigenvalue weighted by atomic mass is 9.88. The van der Waals surface area contributed by atoms with E-state index in [2.05, 4.69) is 29.8 Å². The Labute approximate surface area is 451 Å². The molecule has 3 aromatic rings. The molecular formula is C58H77N5O14. The molecule has 3 N–H and O–H groups in total. The van der Waals surface area contributed by atoms with E-state index in [4.69, 9.17) is 28.4 Å². The van der Waals surface area contributed by atoms with E-state index in [0.29, 0.717) is 72.5 Å². The first-order chi connectivity index (χ1) is 36.2. The second kappa shape index (κ2) is 25.3. The van der Waals surface area contributed by atoms with E-state index in [1.807, 2.05) is 6.92 Å². The summed E-state index contributed by atoms with van der Waals surface area (Å²) in [5, 5.41) is 8.80. The molecule has 1 aliphatic carbocycles. The summed E-state index contributed by atoms with van der Waals surface area (Å²) in [5.74, 6) is -4.12. The van der Waals surface area contributed by atoms with Crippen LogP contribution in [0.3, 0.4) is 0 Å². The zero-order valence-electron chi connectivity index (χ0n) is 46.6. The number of rotatable bonds is 19. The van der Waals surface area contributed by atoms with E-state index >= 15 is 0 Å². The highest BCUT2D eigenvalue weighted by atomic mass is 16.6. The minimum atomic E-state index is -0.882. The van der Waals surface area contributed by atoms with Crippen LogP contribution in [0.1, 0.15) is 132 Å². The van der Waals surface area contributed by atoms with Gasteiger partial charge in [0.25, 0.3) is 0 Å². The van der Waals surface area contributed by atoms with Crippen LogP contribution in [0.25, 0.3) is 0 Å². The van der Waals surface area contributed by atoms with Crippen molar-refractivity contribution in [3.05, 3.63) is 71.3 Å². The SMILES string of the molecule is COC(=O)c1cc(NC(=O)C2CN(C(=O)OC(C)(C)C)CC2CC(=O)c2cc(NC(=O)C3CCCC3CC(=O)c3cc(NC(=O)C4CN(C(=O)OC(C)(C)C)CC4C)cc(OC)c3)cc(OCCC(C)C)c2)cc(OC)c1. The van der Waals surface area contributed by atoms with Crippen molar-refractivity contribution < 1.29 is 66.8 Å². The number of methoxy groups -OCH3 is 3. The van der Waals surface area contributed by atoms with Crippen LogP contribution < -0.4 is 30.2 Å². The van der Waals surface area contributed by atoms with Gasteiger partial charge in [-0.1, -0.05) is 27.2 Å². The number of carbonyl (C=O) groups excluding carboxylic acids is 8. The molecular weight excluding hydrogens is 991 g/mol. The van der Waals surface area contributed by atoms with E-state index in [-0.39, 0.29) is 84.5 Å². The fourth-order valence-electron chi connectivity index (χ4n) is 9.98. The summed E-state index contributed by atoms with van der Waals surface area (Å²) in [4.78, 5) is 112. The number of benzene rings is 3. The fraction of sp³-hybridized carbons (Fsp3) is 0.552. The van der Waals surface area contributed by atoms with E-state index in [1.54, 1.807) is 84.0 Å². The van der Waals surface area contributed by atoms with Crippen LogP contribution >= 0.6 is 0 Å². The van der Waals surface area contributed by atoms with Crippen molar-refractivity contribution in [2.24, 2.45) is 41.4 Å². The molecule has 2 heterocycles. The zero-order chi connectivity index (χ0) is 56.5. The van der Waals surface area contributed by atoms with Crippen LogP contribution in [0.15, 0.2) is 54.6 Å². The third-order valence-corrected chi connectivity index (χ3v) is 13.9. The van der Waals surface area contributed by atoms with Crippen LogP contribution in [0.2, 0.25) is 0 Å². The minimum absolute atomic E-state index is 0.0297. The molecule has 0 aromatic heterocycles. The third kappa shape index (κ3) is 16.4. The largest absolute Gasteiger partial charge is 0.497 e. The molecule has 19 nitrogen and oxygen atoms in total. The molecule has 77 heavy (non-hydrogen) atoms. The van der Waals surface area contributed by atoms with E-state index in [0.717, 1.165) is 6.42 Å². The molecule has 3 aliphatic rings. The van der Waals surface area contributed by atoms with Crippen LogP contribution in [0, 0.1) is 41.4 Å². The Kier molecular flexibility index (Phi) is 19.4. The van der Waals surface area contributed by atoms with Crippen LogP contribution in [0.4, 0.5) is 26.7 Å². The monoisotopic (exact) mass is 1070 g/mol. The first-order valence-electron chi connectivity index (χ1n) is 26.4. The number of hydrogen-bond acceptors (Lipinski definition) is 14.